The van der Waals surface area contributed by atoms with E-state index in [1.807, 2.05) is 0 Å². The lowest BCUT2D eigenvalue weighted by molar-refractivity contribution is -0.128. The van der Waals surface area contributed by atoms with Crippen molar-refractivity contribution >= 4 is 27.9 Å². The molecule has 1 aromatic carbocycles. The zero-order chi connectivity index (χ0) is 17.1. The van der Waals surface area contributed by atoms with Crippen LogP contribution in [-0.2, 0) is 16.0 Å². The second-order valence-electron chi connectivity index (χ2n) is 5.65. The summed E-state index contributed by atoms with van der Waals surface area (Å²) < 4.78 is 24.5. The minimum atomic E-state index is -0.785. The minimum absolute atomic E-state index is 0.0808. The first-order chi connectivity index (χ1) is 10.1. The quantitative estimate of drug-likeness (QED) is 0.810. The average molecular weight is 376 g/mol. The average Bonchev–Trinajstić information content (AvgIpc) is 2.41. The second-order valence-corrected chi connectivity index (χ2v) is 6.51. The Morgan fingerprint density at radius 3 is 2.41 bits per heavy atom. The van der Waals surface area contributed by atoms with Crippen molar-refractivity contribution in [1.82, 2.24) is 4.90 Å². The van der Waals surface area contributed by atoms with Crippen LogP contribution in [0.2, 0.25) is 0 Å². The first-order valence-corrected chi connectivity index (χ1v) is 7.36. The Morgan fingerprint density at radius 1 is 1.32 bits per heavy atom. The van der Waals surface area contributed by atoms with Crippen LogP contribution in [0.5, 0.6) is 5.75 Å². The van der Waals surface area contributed by atoms with Crippen molar-refractivity contribution in [3.8, 4) is 5.75 Å². The predicted molar refractivity (Wildman–Crippen MR) is 83.4 cm³/mol. The highest BCUT2D eigenvalue weighted by Crippen LogP contribution is 2.28. The van der Waals surface area contributed by atoms with Crippen molar-refractivity contribution in [2.45, 2.75) is 32.8 Å². The second kappa shape index (κ2) is 7.09. The molecule has 0 saturated carbocycles. The molecule has 2 amide bonds. The fourth-order valence-corrected chi connectivity index (χ4v) is 2.00. The lowest BCUT2D eigenvalue weighted by atomic mass is 10.1. The molecule has 0 radical (unpaired) electrons. The number of benzene rings is 1. The van der Waals surface area contributed by atoms with Crippen molar-refractivity contribution in [1.29, 1.82) is 0 Å². The fourth-order valence-electron chi connectivity index (χ4n) is 1.63. The van der Waals surface area contributed by atoms with Gasteiger partial charge >= 0.3 is 6.09 Å². The van der Waals surface area contributed by atoms with Crippen LogP contribution >= 0.6 is 15.9 Å². The number of carbonyl (C=O) groups excluding carboxylic acids is 2. The molecule has 7 heteroatoms. The molecule has 0 aliphatic heterocycles. The third-order valence-electron chi connectivity index (χ3n) is 2.74. The summed E-state index contributed by atoms with van der Waals surface area (Å²) in [6, 6.07) is 3.03. The summed E-state index contributed by atoms with van der Waals surface area (Å²) in [5.41, 5.74) is -0.637. The summed E-state index contributed by atoms with van der Waals surface area (Å²) in [6.07, 6.45) is -1.10. The topological polar surface area (TPSA) is 55.8 Å². The van der Waals surface area contributed by atoms with Gasteiger partial charge in [-0.1, -0.05) is 0 Å². The van der Waals surface area contributed by atoms with E-state index >= 15 is 0 Å². The monoisotopic (exact) mass is 375 g/mol. The molecule has 1 aromatic rings. The molecular formula is C15H19BrFNO4. The van der Waals surface area contributed by atoms with Crippen LogP contribution in [0.4, 0.5) is 9.18 Å². The van der Waals surface area contributed by atoms with Gasteiger partial charge in [0.05, 0.1) is 18.0 Å². The van der Waals surface area contributed by atoms with Crippen LogP contribution in [0, 0.1) is 5.82 Å². The van der Waals surface area contributed by atoms with Crippen molar-refractivity contribution in [3.63, 3.8) is 0 Å². The maximum Gasteiger partial charge on any atom is 0.416 e. The number of rotatable bonds is 3. The number of carbonyl (C=O) groups is 2. The molecule has 0 aliphatic rings. The van der Waals surface area contributed by atoms with Crippen LogP contribution in [0.15, 0.2) is 16.6 Å². The SMILES string of the molecule is COc1ccc(Br)c(F)c1CC(=O)N(C)C(=O)OC(C)(C)C. The van der Waals surface area contributed by atoms with Crippen molar-refractivity contribution < 1.29 is 23.5 Å². The Balaban J connectivity index is 2.93. The molecule has 0 fully saturated rings. The van der Waals surface area contributed by atoms with Gasteiger partial charge in [-0.3, -0.25) is 9.69 Å². The highest BCUT2D eigenvalue weighted by molar-refractivity contribution is 9.10. The van der Waals surface area contributed by atoms with Gasteiger partial charge in [0.15, 0.2) is 0 Å². The smallest absolute Gasteiger partial charge is 0.416 e. The maximum absolute atomic E-state index is 14.1. The largest absolute Gasteiger partial charge is 0.496 e. The van der Waals surface area contributed by atoms with E-state index in [4.69, 9.17) is 9.47 Å². The van der Waals surface area contributed by atoms with Gasteiger partial charge in [0.25, 0.3) is 0 Å². The van der Waals surface area contributed by atoms with E-state index in [-0.39, 0.29) is 22.2 Å². The molecule has 1 rings (SSSR count). The number of imide groups is 1. The lowest BCUT2D eigenvalue weighted by Gasteiger charge is -2.23. The summed E-state index contributed by atoms with van der Waals surface area (Å²) in [7, 11) is 2.67. The predicted octanol–water partition coefficient (Wildman–Crippen LogP) is 3.53. The van der Waals surface area contributed by atoms with Crippen LogP contribution in [0.1, 0.15) is 26.3 Å². The first kappa shape index (κ1) is 18.4. The molecule has 0 heterocycles. The summed E-state index contributed by atoms with van der Waals surface area (Å²) >= 11 is 3.06. The van der Waals surface area contributed by atoms with E-state index in [1.165, 1.54) is 20.2 Å². The van der Waals surface area contributed by atoms with Crippen molar-refractivity contribution in [3.05, 3.63) is 28.0 Å². The van der Waals surface area contributed by atoms with Gasteiger partial charge in [-0.15, -0.1) is 0 Å². The van der Waals surface area contributed by atoms with E-state index in [1.54, 1.807) is 26.8 Å². The number of hydrogen-bond acceptors (Lipinski definition) is 4. The van der Waals surface area contributed by atoms with Crippen LogP contribution in [-0.4, -0.2) is 36.7 Å². The highest BCUT2D eigenvalue weighted by atomic mass is 79.9. The van der Waals surface area contributed by atoms with Gasteiger partial charge in [-0.2, -0.15) is 0 Å². The molecule has 122 valence electrons. The van der Waals surface area contributed by atoms with E-state index in [2.05, 4.69) is 15.9 Å². The molecule has 0 N–H and O–H groups in total. The van der Waals surface area contributed by atoms with E-state index < -0.39 is 23.4 Å². The zero-order valence-corrected chi connectivity index (χ0v) is 14.8. The standard InChI is InChI=1S/C15H19BrFNO4/c1-15(2,3)22-14(20)18(4)12(19)8-9-11(21-5)7-6-10(16)13(9)17/h6-7H,8H2,1-5H3. The number of halogens is 2. The van der Waals surface area contributed by atoms with E-state index in [9.17, 15) is 14.0 Å². The normalized spacial score (nSPS) is 11.0. The minimum Gasteiger partial charge on any atom is -0.496 e. The molecule has 0 unspecified atom stereocenters. The molecule has 5 nitrogen and oxygen atoms in total. The van der Waals surface area contributed by atoms with Gasteiger partial charge < -0.3 is 9.47 Å². The molecule has 0 spiro atoms. The third kappa shape index (κ3) is 4.69. The third-order valence-corrected chi connectivity index (χ3v) is 3.35. The van der Waals surface area contributed by atoms with Crippen LogP contribution < -0.4 is 4.74 Å². The molecule has 0 saturated heterocycles. The summed E-state index contributed by atoms with van der Waals surface area (Å²) in [5, 5.41) is 0. The summed E-state index contributed by atoms with van der Waals surface area (Å²) in [5.74, 6) is -0.943. The number of likely N-dealkylation sites (N-methyl/N-ethyl adjacent to an activating group) is 1. The number of amides is 2. The maximum atomic E-state index is 14.1. The number of methoxy groups -OCH3 is 1. The summed E-state index contributed by atoms with van der Waals surface area (Å²) in [6.45, 7) is 5.08. The number of nitrogens with zero attached hydrogens (tertiary/aromatic N) is 1. The van der Waals surface area contributed by atoms with Crippen molar-refractivity contribution in [2.75, 3.05) is 14.2 Å². The van der Waals surface area contributed by atoms with Crippen LogP contribution in [0.25, 0.3) is 0 Å². The van der Waals surface area contributed by atoms with Gasteiger partial charge in [0.2, 0.25) is 5.91 Å². The van der Waals surface area contributed by atoms with Crippen molar-refractivity contribution in [2.24, 2.45) is 0 Å². The lowest BCUT2D eigenvalue weighted by Crippen LogP contribution is -2.39. The Bertz CT molecular complexity index is 584. The highest BCUT2D eigenvalue weighted by Gasteiger charge is 2.26. The van der Waals surface area contributed by atoms with Crippen LogP contribution in [0.3, 0.4) is 0 Å². The molecule has 22 heavy (non-hydrogen) atoms. The molecule has 0 aliphatic carbocycles. The van der Waals surface area contributed by atoms with Gasteiger partial charge in [0, 0.05) is 12.6 Å². The molecule has 0 atom stereocenters. The Kier molecular flexibility index (Phi) is 5.93. The Hall–Kier alpha value is -1.63. The van der Waals surface area contributed by atoms with E-state index in [0.717, 1.165) is 4.90 Å². The van der Waals surface area contributed by atoms with E-state index in [0.29, 0.717) is 0 Å². The molecular weight excluding hydrogens is 357 g/mol. The molecule has 0 bridgehead atoms. The Labute approximate surface area is 137 Å². The van der Waals surface area contributed by atoms with Gasteiger partial charge in [0.1, 0.15) is 17.2 Å². The first-order valence-electron chi connectivity index (χ1n) is 6.57. The molecule has 0 aromatic heterocycles. The number of hydrogen-bond donors (Lipinski definition) is 0. The number of ether oxygens (including phenoxy) is 2. The van der Waals surface area contributed by atoms with Gasteiger partial charge in [-0.25, -0.2) is 9.18 Å². The Morgan fingerprint density at radius 2 is 1.91 bits per heavy atom. The summed E-state index contributed by atoms with van der Waals surface area (Å²) in [4.78, 5) is 24.8. The zero-order valence-electron chi connectivity index (χ0n) is 13.2. The van der Waals surface area contributed by atoms with Gasteiger partial charge in [-0.05, 0) is 48.8 Å². The fraction of sp³-hybridized carbons (Fsp3) is 0.467.